The molecule has 2 fully saturated rings. The van der Waals surface area contributed by atoms with Crippen molar-refractivity contribution in [1.82, 2.24) is 0 Å². The number of rotatable bonds is 0. The molecule has 0 aromatic heterocycles. The van der Waals surface area contributed by atoms with Crippen LogP contribution in [0.15, 0.2) is 48.5 Å². The molecule has 0 bridgehead atoms. The van der Waals surface area contributed by atoms with Gasteiger partial charge < -0.3 is 0 Å². The van der Waals surface area contributed by atoms with Gasteiger partial charge in [-0.15, -0.1) is 0 Å². The molecule has 0 heterocycles. The Labute approximate surface area is 170 Å². The van der Waals surface area contributed by atoms with Crippen molar-refractivity contribution in [2.75, 3.05) is 0 Å². The third kappa shape index (κ3) is 3.59. The second-order valence-corrected chi connectivity index (χ2v) is 9.38. The number of benzene rings is 3. The van der Waals surface area contributed by atoms with Crippen LogP contribution in [0.5, 0.6) is 0 Å². The lowest BCUT2D eigenvalue weighted by Gasteiger charge is -2.35. The lowest BCUT2D eigenvalue weighted by atomic mass is 9.71. The van der Waals surface area contributed by atoms with Gasteiger partial charge in [-0.1, -0.05) is 99.9 Å². The van der Waals surface area contributed by atoms with E-state index in [4.69, 9.17) is 0 Å². The van der Waals surface area contributed by atoms with E-state index in [1.165, 1.54) is 72.9 Å². The van der Waals surface area contributed by atoms with Gasteiger partial charge >= 0.3 is 0 Å². The van der Waals surface area contributed by atoms with Gasteiger partial charge in [-0.25, -0.2) is 0 Å². The lowest BCUT2D eigenvalue weighted by Crippen LogP contribution is -2.22. The van der Waals surface area contributed by atoms with Gasteiger partial charge in [-0.2, -0.15) is 0 Å². The molecule has 2 saturated carbocycles. The summed E-state index contributed by atoms with van der Waals surface area (Å²) in [6.45, 7) is 0. The van der Waals surface area contributed by atoms with Crippen molar-refractivity contribution in [2.24, 2.45) is 11.8 Å². The maximum absolute atomic E-state index is 2.35. The smallest absolute Gasteiger partial charge is 0.0102 e. The van der Waals surface area contributed by atoms with Gasteiger partial charge in [0.05, 0.1) is 0 Å². The predicted octanol–water partition coefficient (Wildman–Crippen LogP) is 8.24. The molecule has 0 saturated heterocycles. The summed E-state index contributed by atoms with van der Waals surface area (Å²) in [6.07, 6.45) is 17.6. The fourth-order valence-corrected chi connectivity index (χ4v) is 6.20. The summed E-state index contributed by atoms with van der Waals surface area (Å²) < 4.78 is 0. The van der Waals surface area contributed by atoms with E-state index in [9.17, 15) is 0 Å². The van der Waals surface area contributed by atoms with Crippen LogP contribution in [0.25, 0.3) is 21.5 Å². The zero-order valence-corrected chi connectivity index (χ0v) is 17.3. The maximum atomic E-state index is 2.35. The molecule has 146 valence electrons. The van der Waals surface area contributed by atoms with Crippen molar-refractivity contribution in [2.45, 2.75) is 77.0 Å². The molecule has 0 heteroatoms. The van der Waals surface area contributed by atoms with Crippen molar-refractivity contribution in [3.05, 3.63) is 59.7 Å². The van der Waals surface area contributed by atoms with Crippen LogP contribution in [0.1, 0.15) is 75.3 Å². The second kappa shape index (κ2) is 8.27. The Balaban J connectivity index is 0.000000145. The molecular formula is C28H34. The first-order chi connectivity index (χ1) is 13.9. The van der Waals surface area contributed by atoms with Gasteiger partial charge in [0, 0.05) is 0 Å². The van der Waals surface area contributed by atoms with Crippen molar-refractivity contribution in [3.63, 3.8) is 0 Å². The van der Waals surface area contributed by atoms with E-state index in [-0.39, 0.29) is 0 Å². The van der Waals surface area contributed by atoms with Crippen LogP contribution in [0.2, 0.25) is 0 Å². The van der Waals surface area contributed by atoms with Crippen molar-refractivity contribution in [3.8, 4) is 0 Å². The summed E-state index contributed by atoms with van der Waals surface area (Å²) in [5.74, 6) is 2.31. The number of aryl methyl sites for hydroxylation is 2. The van der Waals surface area contributed by atoms with Crippen LogP contribution in [-0.2, 0) is 12.8 Å². The van der Waals surface area contributed by atoms with Crippen LogP contribution in [0, 0.1) is 11.8 Å². The molecule has 0 radical (unpaired) electrons. The molecule has 28 heavy (non-hydrogen) atoms. The zero-order valence-electron chi connectivity index (χ0n) is 17.3. The molecular weight excluding hydrogens is 336 g/mol. The highest BCUT2D eigenvalue weighted by atomic mass is 14.3. The Kier molecular flexibility index (Phi) is 5.39. The summed E-state index contributed by atoms with van der Waals surface area (Å²) in [5.41, 5.74) is 3.17. The van der Waals surface area contributed by atoms with Crippen LogP contribution < -0.4 is 0 Å². The highest BCUT2D eigenvalue weighted by Crippen LogP contribution is 2.40. The standard InChI is InChI=1S/C18H16.C10H18/c1-3-7-15-13(5-1)9-11-18-16-8-4-2-6-14(16)10-12-17(15)18;1-2-6-10-8-4-3-7-9(10)5-1/h1,3,5,7,9-12H,2,4,6,8H2;9-10H,1-8H2. The molecule has 3 aromatic rings. The zero-order chi connectivity index (χ0) is 18.8. The van der Waals surface area contributed by atoms with E-state index >= 15 is 0 Å². The minimum absolute atomic E-state index is 1.16. The van der Waals surface area contributed by atoms with E-state index in [1.54, 1.807) is 36.8 Å². The molecule has 0 spiro atoms. The first-order valence-corrected chi connectivity index (χ1v) is 11.8. The highest BCUT2D eigenvalue weighted by Gasteiger charge is 2.26. The van der Waals surface area contributed by atoms with Crippen molar-refractivity contribution >= 4 is 21.5 Å². The molecule has 0 aliphatic heterocycles. The first-order valence-electron chi connectivity index (χ1n) is 11.8. The van der Waals surface area contributed by atoms with E-state index in [0.29, 0.717) is 0 Å². The Bertz CT molecular complexity index is 925. The van der Waals surface area contributed by atoms with Gasteiger partial charge in [0.25, 0.3) is 0 Å². The highest BCUT2D eigenvalue weighted by molar-refractivity contribution is 6.08. The van der Waals surface area contributed by atoms with Gasteiger partial charge in [0.1, 0.15) is 0 Å². The SMILES string of the molecule is C1CCC2CCCCC2C1.c1ccc2c(c1)ccc1c3c(ccc12)CCCC3. The van der Waals surface area contributed by atoms with E-state index in [1.807, 2.05) is 0 Å². The molecule has 0 unspecified atom stereocenters. The van der Waals surface area contributed by atoms with Gasteiger partial charge in [-0.05, 0) is 70.2 Å². The Morgan fingerprint density at radius 1 is 0.500 bits per heavy atom. The van der Waals surface area contributed by atoms with Gasteiger partial charge in [0.2, 0.25) is 0 Å². The number of fused-ring (bicyclic) bond motifs is 6. The summed E-state index contributed by atoms with van der Waals surface area (Å²) in [6, 6.07) is 18.0. The fourth-order valence-electron chi connectivity index (χ4n) is 6.20. The van der Waals surface area contributed by atoms with Gasteiger partial charge in [-0.3, -0.25) is 0 Å². The average molecular weight is 371 g/mol. The Hall–Kier alpha value is -1.82. The molecule has 6 rings (SSSR count). The third-order valence-corrected chi connectivity index (χ3v) is 7.72. The van der Waals surface area contributed by atoms with Crippen LogP contribution in [0.3, 0.4) is 0 Å². The molecule has 3 aliphatic rings. The van der Waals surface area contributed by atoms with Crippen LogP contribution >= 0.6 is 0 Å². The number of hydrogen-bond donors (Lipinski definition) is 0. The molecule has 0 atom stereocenters. The van der Waals surface area contributed by atoms with Crippen molar-refractivity contribution < 1.29 is 0 Å². The Morgan fingerprint density at radius 3 is 1.89 bits per heavy atom. The minimum Gasteiger partial charge on any atom is -0.0616 e. The summed E-state index contributed by atoms with van der Waals surface area (Å²) in [5, 5.41) is 5.64. The first kappa shape index (κ1) is 18.2. The number of hydrogen-bond acceptors (Lipinski definition) is 0. The molecule has 0 amide bonds. The normalized spacial score (nSPS) is 24.1. The van der Waals surface area contributed by atoms with E-state index in [2.05, 4.69) is 48.5 Å². The lowest BCUT2D eigenvalue weighted by molar-refractivity contribution is 0.171. The summed E-state index contributed by atoms with van der Waals surface area (Å²) in [7, 11) is 0. The average Bonchev–Trinajstić information content (AvgIpc) is 2.79. The van der Waals surface area contributed by atoms with E-state index in [0.717, 1.165) is 11.8 Å². The molecule has 0 nitrogen and oxygen atoms in total. The monoisotopic (exact) mass is 370 g/mol. The molecule has 0 N–H and O–H groups in total. The summed E-state index contributed by atoms with van der Waals surface area (Å²) >= 11 is 0. The maximum Gasteiger partial charge on any atom is -0.0102 e. The summed E-state index contributed by atoms with van der Waals surface area (Å²) in [4.78, 5) is 0. The van der Waals surface area contributed by atoms with E-state index < -0.39 is 0 Å². The predicted molar refractivity (Wildman–Crippen MR) is 122 cm³/mol. The topological polar surface area (TPSA) is 0 Å². The van der Waals surface area contributed by atoms with Gasteiger partial charge in [0.15, 0.2) is 0 Å². The van der Waals surface area contributed by atoms with Crippen molar-refractivity contribution in [1.29, 1.82) is 0 Å². The second-order valence-electron chi connectivity index (χ2n) is 9.38. The third-order valence-electron chi connectivity index (χ3n) is 7.72. The van der Waals surface area contributed by atoms with Crippen LogP contribution in [-0.4, -0.2) is 0 Å². The minimum atomic E-state index is 1.16. The molecule has 3 aliphatic carbocycles. The quantitative estimate of drug-likeness (QED) is 0.349. The van der Waals surface area contributed by atoms with Crippen LogP contribution in [0.4, 0.5) is 0 Å². The molecule has 3 aromatic carbocycles. The Morgan fingerprint density at radius 2 is 1.14 bits per heavy atom. The fraction of sp³-hybridized carbons (Fsp3) is 0.500. The largest absolute Gasteiger partial charge is 0.0616 e.